The maximum Gasteiger partial charge on any atom is 0.307 e. The molecule has 0 heterocycles. The number of rotatable bonds is 18. The molecule has 0 bridgehead atoms. The highest BCUT2D eigenvalue weighted by Crippen LogP contribution is 2.13. The van der Waals surface area contributed by atoms with Crippen molar-refractivity contribution in [3.05, 3.63) is 5.21 Å². The second kappa shape index (κ2) is 24.4. The van der Waals surface area contributed by atoms with Crippen LogP contribution in [-0.4, -0.2) is 26.3 Å². The van der Waals surface area contributed by atoms with Gasteiger partial charge in [0, 0.05) is 6.42 Å². The average Bonchev–Trinajstić information content (AvgIpc) is 2.64. The van der Waals surface area contributed by atoms with Gasteiger partial charge in [0.15, 0.2) is 6.23 Å². The van der Waals surface area contributed by atoms with Crippen LogP contribution in [0.3, 0.4) is 0 Å². The SMILES string of the molecule is CCCCCCCCCCCCCCCCCC(=O)OC(N)CC.C[NH+](C)[O-]. The molecule has 0 spiro atoms. The topological polar surface area (TPSA) is 79.8 Å². The van der Waals surface area contributed by atoms with Gasteiger partial charge in [-0.15, -0.1) is 0 Å². The zero-order valence-corrected chi connectivity index (χ0v) is 19.4. The number of nitrogens with one attached hydrogen (secondary N) is 1. The van der Waals surface area contributed by atoms with Gasteiger partial charge in [0.05, 0.1) is 14.1 Å². The van der Waals surface area contributed by atoms with Crippen molar-refractivity contribution in [2.75, 3.05) is 14.1 Å². The first-order valence-electron chi connectivity index (χ1n) is 11.9. The fourth-order valence-corrected chi connectivity index (χ4v) is 2.95. The number of ether oxygens (including phenoxy) is 1. The second-order valence-electron chi connectivity index (χ2n) is 8.04. The molecular formula is C23H50N2O3. The molecule has 5 nitrogen and oxygen atoms in total. The Kier molecular flexibility index (Phi) is 25.7. The fourth-order valence-electron chi connectivity index (χ4n) is 2.95. The third kappa shape index (κ3) is 30.1. The van der Waals surface area contributed by atoms with E-state index in [4.69, 9.17) is 10.5 Å². The van der Waals surface area contributed by atoms with Gasteiger partial charge in [-0.05, 0) is 12.8 Å². The van der Waals surface area contributed by atoms with Gasteiger partial charge in [-0.1, -0.05) is 104 Å². The quantitative estimate of drug-likeness (QED) is 0.144. The Balaban J connectivity index is 0. The summed E-state index contributed by atoms with van der Waals surface area (Å²) in [5.74, 6) is -0.140. The number of carbonyl (C=O) groups is 1. The Morgan fingerprint density at radius 3 is 1.43 bits per heavy atom. The Labute approximate surface area is 175 Å². The van der Waals surface area contributed by atoms with Gasteiger partial charge in [0.2, 0.25) is 0 Å². The molecule has 1 unspecified atom stereocenters. The van der Waals surface area contributed by atoms with E-state index in [0.29, 0.717) is 12.8 Å². The summed E-state index contributed by atoms with van der Waals surface area (Å²) in [6.45, 7) is 4.20. The van der Waals surface area contributed by atoms with E-state index in [-0.39, 0.29) is 11.0 Å². The number of nitrogens with two attached hydrogens (primary N) is 1. The van der Waals surface area contributed by atoms with Crippen LogP contribution in [-0.2, 0) is 9.53 Å². The smallest absolute Gasteiger partial charge is 0.307 e. The Hall–Kier alpha value is -0.650. The van der Waals surface area contributed by atoms with Crippen molar-refractivity contribution in [1.29, 1.82) is 0 Å². The fraction of sp³-hybridized carbons (Fsp3) is 0.957. The molecule has 3 N–H and O–H groups in total. The molecule has 0 rings (SSSR count). The van der Waals surface area contributed by atoms with Crippen molar-refractivity contribution in [3.63, 3.8) is 0 Å². The predicted molar refractivity (Wildman–Crippen MR) is 120 cm³/mol. The highest BCUT2D eigenvalue weighted by molar-refractivity contribution is 5.69. The summed E-state index contributed by atoms with van der Waals surface area (Å²) >= 11 is 0. The van der Waals surface area contributed by atoms with E-state index < -0.39 is 6.23 Å². The van der Waals surface area contributed by atoms with Gasteiger partial charge >= 0.3 is 5.97 Å². The Bertz CT molecular complexity index is 309. The zero-order valence-electron chi connectivity index (χ0n) is 19.4. The number of hydroxylamine groups is 2. The first-order valence-corrected chi connectivity index (χ1v) is 11.9. The largest absolute Gasteiger partial charge is 0.635 e. The Morgan fingerprint density at radius 1 is 0.786 bits per heavy atom. The highest BCUT2D eigenvalue weighted by atomic mass is 16.6. The summed E-state index contributed by atoms with van der Waals surface area (Å²) in [6.07, 6.45) is 20.9. The summed E-state index contributed by atoms with van der Waals surface area (Å²) in [4.78, 5) is 11.4. The lowest BCUT2D eigenvalue weighted by atomic mass is 10.0. The summed E-state index contributed by atoms with van der Waals surface area (Å²) in [7, 11) is 3.06. The Morgan fingerprint density at radius 2 is 1.11 bits per heavy atom. The molecule has 0 fully saturated rings. The van der Waals surface area contributed by atoms with E-state index in [1.54, 1.807) is 0 Å². The van der Waals surface area contributed by atoms with Gasteiger partial charge in [0.25, 0.3) is 0 Å². The van der Waals surface area contributed by atoms with E-state index in [1.807, 2.05) is 6.92 Å². The van der Waals surface area contributed by atoms with Crippen LogP contribution in [0.25, 0.3) is 0 Å². The van der Waals surface area contributed by atoms with E-state index >= 15 is 0 Å². The van der Waals surface area contributed by atoms with E-state index in [2.05, 4.69) is 6.92 Å². The summed E-state index contributed by atoms with van der Waals surface area (Å²) in [5, 5.41) is 9.61. The average molecular weight is 403 g/mol. The summed E-state index contributed by atoms with van der Waals surface area (Å²) in [6, 6.07) is 0. The number of hydrogen-bond acceptors (Lipinski definition) is 4. The molecule has 170 valence electrons. The van der Waals surface area contributed by atoms with Crippen molar-refractivity contribution < 1.29 is 14.6 Å². The minimum Gasteiger partial charge on any atom is -0.635 e. The zero-order chi connectivity index (χ0) is 21.5. The molecular weight excluding hydrogens is 352 g/mol. The molecule has 0 saturated heterocycles. The van der Waals surface area contributed by atoms with Crippen molar-refractivity contribution in [2.24, 2.45) is 5.73 Å². The minimum absolute atomic E-state index is 0.140. The lowest BCUT2D eigenvalue weighted by molar-refractivity contribution is -0.802. The van der Waals surface area contributed by atoms with Crippen LogP contribution in [0.1, 0.15) is 123 Å². The van der Waals surface area contributed by atoms with Crippen LogP contribution in [0.15, 0.2) is 0 Å². The summed E-state index contributed by atoms with van der Waals surface area (Å²) in [5.41, 5.74) is 5.59. The van der Waals surface area contributed by atoms with Crippen LogP contribution in [0, 0.1) is 5.21 Å². The lowest BCUT2D eigenvalue weighted by Gasteiger charge is -2.10. The molecule has 1 atom stereocenters. The molecule has 0 aliphatic heterocycles. The third-order valence-electron chi connectivity index (χ3n) is 4.67. The number of quaternary nitrogens is 1. The standard InChI is InChI=1S/C21H43NO2.C2H7NO/c1-3-5-6-7-8-9-10-11-12-13-14-15-16-17-18-19-21(23)24-20(22)4-2;1-3(2)4/h20H,3-19,22H2,1-2H3;3H,1-2H3. The van der Waals surface area contributed by atoms with E-state index in [1.165, 1.54) is 97.6 Å². The first-order chi connectivity index (χ1) is 13.4. The first kappa shape index (κ1) is 29.6. The molecule has 0 aliphatic rings. The van der Waals surface area contributed by atoms with Gasteiger partial charge in [-0.25, -0.2) is 0 Å². The summed E-state index contributed by atoms with van der Waals surface area (Å²) < 4.78 is 5.06. The van der Waals surface area contributed by atoms with Gasteiger partial charge < -0.3 is 15.0 Å². The predicted octanol–water partition coefficient (Wildman–Crippen LogP) is 5.11. The van der Waals surface area contributed by atoms with Crippen LogP contribution >= 0.6 is 0 Å². The number of esters is 1. The minimum atomic E-state index is -0.422. The molecule has 0 aromatic rings. The van der Waals surface area contributed by atoms with Crippen molar-refractivity contribution in [3.8, 4) is 0 Å². The number of hydrogen-bond donors (Lipinski definition) is 2. The van der Waals surface area contributed by atoms with Gasteiger partial charge in [-0.2, -0.15) is 0 Å². The maximum absolute atomic E-state index is 11.4. The number of unbranched alkanes of at least 4 members (excludes halogenated alkanes) is 14. The van der Waals surface area contributed by atoms with E-state index in [9.17, 15) is 10.0 Å². The molecule has 0 aromatic carbocycles. The molecule has 0 aliphatic carbocycles. The van der Waals surface area contributed by atoms with Gasteiger partial charge in [-0.3, -0.25) is 10.5 Å². The monoisotopic (exact) mass is 402 g/mol. The molecule has 28 heavy (non-hydrogen) atoms. The van der Waals surface area contributed by atoms with Crippen LogP contribution in [0.4, 0.5) is 0 Å². The normalized spacial score (nSPS) is 11.8. The number of carbonyl (C=O) groups excluding carboxylic acids is 1. The second-order valence-corrected chi connectivity index (χ2v) is 8.04. The maximum atomic E-state index is 11.4. The van der Waals surface area contributed by atoms with Crippen molar-refractivity contribution in [1.82, 2.24) is 0 Å². The van der Waals surface area contributed by atoms with Crippen LogP contribution in [0.2, 0.25) is 0 Å². The van der Waals surface area contributed by atoms with E-state index in [0.717, 1.165) is 12.8 Å². The lowest BCUT2D eigenvalue weighted by Crippen LogP contribution is -3.00. The van der Waals surface area contributed by atoms with Crippen molar-refractivity contribution in [2.45, 2.75) is 129 Å². The van der Waals surface area contributed by atoms with Crippen LogP contribution < -0.4 is 10.8 Å². The highest BCUT2D eigenvalue weighted by Gasteiger charge is 2.06. The van der Waals surface area contributed by atoms with Crippen molar-refractivity contribution >= 4 is 5.97 Å². The molecule has 0 saturated carbocycles. The van der Waals surface area contributed by atoms with Gasteiger partial charge in [0.1, 0.15) is 0 Å². The van der Waals surface area contributed by atoms with Crippen LogP contribution in [0.5, 0.6) is 0 Å². The molecule has 0 radical (unpaired) electrons. The molecule has 5 heteroatoms. The molecule has 0 amide bonds. The third-order valence-corrected chi connectivity index (χ3v) is 4.67. The molecule has 0 aromatic heterocycles.